The van der Waals surface area contributed by atoms with E-state index in [2.05, 4.69) is 14.7 Å². The monoisotopic (exact) mass is 177 g/mol. The Bertz CT molecular complexity index is 364. The molecule has 0 atom stereocenters. The minimum atomic E-state index is 0.697. The number of hydrogen-bond donors (Lipinski definition) is 0. The molecule has 0 aliphatic carbocycles. The van der Waals surface area contributed by atoms with Crippen LogP contribution < -0.4 is 0 Å². The fourth-order valence-corrected chi connectivity index (χ4v) is 1.19. The van der Waals surface area contributed by atoms with Crippen LogP contribution in [0.4, 0.5) is 0 Å². The zero-order valence-corrected chi connectivity index (χ0v) is 7.47. The van der Waals surface area contributed by atoms with Crippen LogP contribution in [0.5, 0.6) is 0 Å². The third kappa shape index (κ3) is 1.96. The minimum absolute atomic E-state index is 0.697. The van der Waals surface area contributed by atoms with Crippen LogP contribution in [0.1, 0.15) is 11.7 Å². The summed E-state index contributed by atoms with van der Waals surface area (Å²) >= 11 is 0. The first kappa shape index (κ1) is 8.04. The average Bonchev–Trinajstić information content (AvgIpc) is 2.71. The molecule has 0 saturated carbocycles. The summed E-state index contributed by atoms with van der Waals surface area (Å²) in [6, 6.07) is 4.00. The fourth-order valence-electron chi connectivity index (χ4n) is 1.19. The molecule has 0 unspecified atom stereocenters. The number of aryl methyl sites for hydroxylation is 3. The third-order valence-electron chi connectivity index (χ3n) is 1.82. The van der Waals surface area contributed by atoms with Gasteiger partial charge in [-0.15, -0.1) is 0 Å². The molecule has 13 heavy (non-hydrogen) atoms. The van der Waals surface area contributed by atoms with E-state index in [1.807, 2.05) is 31.5 Å². The summed E-state index contributed by atoms with van der Waals surface area (Å²) in [6.07, 6.45) is 4.82. The van der Waals surface area contributed by atoms with E-state index >= 15 is 0 Å². The molecule has 0 amide bonds. The van der Waals surface area contributed by atoms with Crippen LogP contribution in [0.3, 0.4) is 0 Å². The summed E-state index contributed by atoms with van der Waals surface area (Å²) in [5.41, 5.74) is 0. The Morgan fingerprint density at radius 3 is 2.77 bits per heavy atom. The second-order valence-electron chi connectivity index (χ2n) is 2.91. The molecule has 4 heteroatoms. The summed E-state index contributed by atoms with van der Waals surface area (Å²) in [4.78, 5) is 4.12. The number of rotatable bonds is 3. The first-order chi connectivity index (χ1) is 6.34. The van der Waals surface area contributed by atoms with Gasteiger partial charge in [-0.05, 0) is 19.1 Å². The van der Waals surface area contributed by atoms with Crippen LogP contribution in [0.2, 0.25) is 0 Å². The molecular formula is C9H11N3O. The summed E-state index contributed by atoms with van der Waals surface area (Å²) in [7, 11) is 0. The highest BCUT2D eigenvalue weighted by atomic mass is 16.5. The van der Waals surface area contributed by atoms with Crippen molar-refractivity contribution in [3.05, 3.63) is 36.2 Å². The first-order valence-electron chi connectivity index (χ1n) is 4.24. The zero-order chi connectivity index (χ0) is 9.10. The molecule has 0 aliphatic heterocycles. The largest absolute Gasteiger partial charge is 0.354 e. The summed E-state index contributed by atoms with van der Waals surface area (Å²) in [5.74, 6) is 1.40. The molecule has 2 heterocycles. The predicted molar refractivity (Wildman–Crippen MR) is 47.2 cm³/mol. The van der Waals surface area contributed by atoms with Gasteiger partial charge in [0.05, 0.1) is 0 Å². The second kappa shape index (κ2) is 3.43. The molecular weight excluding hydrogens is 166 g/mol. The average molecular weight is 177 g/mol. The van der Waals surface area contributed by atoms with Gasteiger partial charge in [0.25, 0.3) is 0 Å². The summed E-state index contributed by atoms with van der Waals surface area (Å²) in [6.45, 7) is 2.71. The first-order valence-corrected chi connectivity index (χ1v) is 4.24. The van der Waals surface area contributed by atoms with E-state index in [1.165, 1.54) is 0 Å². The summed E-state index contributed by atoms with van der Waals surface area (Å²) in [5, 5.41) is 3.72. The van der Waals surface area contributed by atoms with E-state index in [0.29, 0.717) is 11.7 Å². The third-order valence-corrected chi connectivity index (χ3v) is 1.82. The van der Waals surface area contributed by atoms with Crippen LogP contribution in [0.15, 0.2) is 29.0 Å². The van der Waals surface area contributed by atoms with Crippen LogP contribution in [0.25, 0.3) is 0 Å². The van der Waals surface area contributed by atoms with E-state index in [9.17, 15) is 0 Å². The molecule has 2 aromatic rings. The molecule has 68 valence electrons. The van der Waals surface area contributed by atoms with Gasteiger partial charge in [-0.2, -0.15) is 4.98 Å². The molecule has 0 aromatic carbocycles. The van der Waals surface area contributed by atoms with Gasteiger partial charge in [0.15, 0.2) is 5.82 Å². The number of hydrogen-bond acceptors (Lipinski definition) is 3. The van der Waals surface area contributed by atoms with Gasteiger partial charge in [-0.3, -0.25) is 0 Å². The van der Waals surface area contributed by atoms with Crippen molar-refractivity contribution in [3.8, 4) is 0 Å². The zero-order valence-electron chi connectivity index (χ0n) is 7.47. The van der Waals surface area contributed by atoms with Crippen LogP contribution in [-0.2, 0) is 13.0 Å². The maximum atomic E-state index is 4.99. The lowest BCUT2D eigenvalue weighted by Gasteiger charge is -1.97. The van der Waals surface area contributed by atoms with E-state index in [1.54, 1.807) is 0 Å². The van der Waals surface area contributed by atoms with Gasteiger partial charge in [0.2, 0.25) is 5.89 Å². The molecule has 2 rings (SSSR count). The fraction of sp³-hybridized carbons (Fsp3) is 0.333. The number of nitrogens with zero attached hydrogens (tertiary/aromatic N) is 3. The Morgan fingerprint density at radius 1 is 1.38 bits per heavy atom. The van der Waals surface area contributed by atoms with Crippen molar-refractivity contribution >= 4 is 0 Å². The van der Waals surface area contributed by atoms with Gasteiger partial charge < -0.3 is 9.09 Å². The standard InChI is InChI=1S/C9H11N3O/c1-8-10-9(13-11-8)4-7-12-5-2-3-6-12/h2-3,5-6H,4,7H2,1H3. The molecule has 0 saturated heterocycles. The molecule has 0 aliphatic rings. The predicted octanol–water partition coefficient (Wildman–Crippen LogP) is 1.42. The van der Waals surface area contributed by atoms with Crippen LogP contribution in [-0.4, -0.2) is 14.7 Å². The van der Waals surface area contributed by atoms with Crippen molar-refractivity contribution in [3.63, 3.8) is 0 Å². The van der Waals surface area contributed by atoms with Crippen LogP contribution >= 0.6 is 0 Å². The highest BCUT2D eigenvalue weighted by Crippen LogP contribution is 1.99. The molecule has 0 fully saturated rings. The molecule has 0 N–H and O–H groups in total. The minimum Gasteiger partial charge on any atom is -0.354 e. The van der Waals surface area contributed by atoms with Gasteiger partial charge in [-0.25, -0.2) is 0 Å². The van der Waals surface area contributed by atoms with Crippen molar-refractivity contribution in [2.45, 2.75) is 19.9 Å². The summed E-state index contributed by atoms with van der Waals surface area (Å²) < 4.78 is 7.07. The van der Waals surface area contributed by atoms with Crippen molar-refractivity contribution in [2.75, 3.05) is 0 Å². The van der Waals surface area contributed by atoms with Crippen molar-refractivity contribution in [2.24, 2.45) is 0 Å². The smallest absolute Gasteiger partial charge is 0.228 e. The highest BCUT2D eigenvalue weighted by Gasteiger charge is 2.01. The SMILES string of the molecule is Cc1noc(CCn2cccc2)n1. The van der Waals surface area contributed by atoms with Crippen molar-refractivity contribution in [1.29, 1.82) is 0 Å². The Kier molecular flexibility index (Phi) is 2.12. The van der Waals surface area contributed by atoms with Crippen LogP contribution in [0, 0.1) is 6.92 Å². The molecule has 0 spiro atoms. The molecule has 0 radical (unpaired) electrons. The Hall–Kier alpha value is -1.58. The second-order valence-corrected chi connectivity index (χ2v) is 2.91. The highest BCUT2D eigenvalue weighted by molar-refractivity contribution is 4.91. The Morgan fingerprint density at radius 2 is 2.15 bits per heavy atom. The van der Waals surface area contributed by atoms with Crippen molar-refractivity contribution in [1.82, 2.24) is 14.7 Å². The molecule has 0 bridgehead atoms. The Labute approximate surface area is 76.2 Å². The lowest BCUT2D eigenvalue weighted by atomic mass is 10.4. The van der Waals surface area contributed by atoms with Crippen molar-refractivity contribution < 1.29 is 4.52 Å². The topological polar surface area (TPSA) is 43.9 Å². The lowest BCUT2D eigenvalue weighted by molar-refractivity contribution is 0.368. The molecule has 2 aromatic heterocycles. The van der Waals surface area contributed by atoms with E-state index in [0.717, 1.165) is 13.0 Å². The molecule has 4 nitrogen and oxygen atoms in total. The lowest BCUT2D eigenvalue weighted by Crippen LogP contribution is -1.98. The van der Waals surface area contributed by atoms with Gasteiger partial charge in [0, 0.05) is 25.4 Å². The maximum Gasteiger partial charge on any atom is 0.228 e. The maximum absolute atomic E-state index is 4.99. The van der Waals surface area contributed by atoms with Gasteiger partial charge in [-0.1, -0.05) is 5.16 Å². The Balaban J connectivity index is 1.93. The quantitative estimate of drug-likeness (QED) is 0.712. The normalized spacial score (nSPS) is 10.5. The van der Waals surface area contributed by atoms with E-state index < -0.39 is 0 Å². The van der Waals surface area contributed by atoms with Gasteiger partial charge >= 0.3 is 0 Å². The van der Waals surface area contributed by atoms with Gasteiger partial charge in [0.1, 0.15) is 0 Å². The van der Waals surface area contributed by atoms with E-state index in [-0.39, 0.29) is 0 Å². The van der Waals surface area contributed by atoms with E-state index in [4.69, 9.17) is 4.52 Å². The number of aromatic nitrogens is 3.